The van der Waals surface area contributed by atoms with Gasteiger partial charge in [0.05, 0.1) is 20.9 Å². The van der Waals surface area contributed by atoms with Crippen LogP contribution in [0.1, 0.15) is 30.9 Å². The molecular formula is C21H24N2O3S2. The van der Waals surface area contributed by atoms with Gasteiger partial charge in [-0.3, -0.25) is 4.79 Å². The summed E-state index contributed by atoms with van der Waals surface area (Å²) in [5.41, 5.74) is 3.33. The SMILES string of the molecule is CCc1cccc2sc(=NC(=O)CCCS(=O)(=O)c3ccc(C)cc3)n(C)c12. The Kier molecular flexibility index (Phi) is 6.15. The highest BCUT2D eigenvalue weighted by atomic mass is 32.2. The molecular weight excluding hydrogens is 392 g/mol. The van der Waals surface area contributed by atoms with E-state index in [-0.39, 0.29) is 24.5 Å². The summed E-state index contributed by atoms with van der Waals surface area (Å²) in [7, 11) is -1.47. The van der Waals surface area contributed by atoms with Gasteiger partial charge in [0.2, 0.25) is 5.91 Å². The van der Waals surface area contributed by atoms with Crippen LogP contribution in [0.3, 0.4) is 0 Å². The number of thiazole rings is 1. The predicted molar refractivity (Wildman–Crippen MR) is 113 cm³/mol. The molecule has 0 bridgehead atoms. The largest absolute Gasteiger partial charge is 0.319 e. The van der Waals surface area contributed by atoms with Crippen LogP contribution in [0.15, 0.2) is 52.4 Å². The molecule has 0 aliphatic carbocycles. The Hall–Kier alpha value is -2.25. The molecule has 0 radical (unpaired) electrons. The fourth-order valence-electron chi connectivity index (χ4n) is 3.12. The first-order chi connectivity index (χ1) is 13.3. The molecule has 5 nitrogen and oxygen atoms in total. The maximum absolute atomic E-state index is 12.4. The maximum Gasteiger partial charge on any atom is 0.248 e. The fraction of sp³-hybridized carbons (Fsp3) is 0.333. The summed E-state index contributed by atoms with van der Waals surface area (Å²) in [6.45, 7) is 4.01. The molecule has 0 spiro atoms. The molecule has 0 saturated carbocycles. The molecule has 3 rings (SSSR count). The van der Waals surface area contributed by atoms with Crippen LogP contribution in [0.4, 0.5) is 0 Å². The van der Waals surface area contributed by atoms with Crippen LogP contribution in [-0.4, -0.2) is 24.6 Å². The number of amides is 1. The van der Waals surface area contributed by atoms with Crippen molar-refractivity contribution in [3.63, 3.8) is 0 Å². The van der Waals surface area contributed by atoms with Gasteiger partial charge < -0.3 is 4.57 Å². The van der Waals surface area contributed by atoms with Gasteiger partial charge in [-0.25, -0.2) is 8.42 Å². The van der Waals surface area contributed by atoms with Gasteiger partial charge in [0.15, 0.2) is 14.6 Å². The van der Waals surface area contributed by atoms with E-state index in [4.69, 9.17) is 0 Å². The van der Waals surface area contributed by atoms with E-state index in [1.54, 1.807) is 24.3 Å². The average Bonchev–Trinajstić information content (AvgIpc) is 2.97. The number of sulfone groups is 1. The summed E-state index contributed by atoms with van der Waals surface area (Å²) in [4.78, 5) is 17.5. The third-order valence-electron chi connectivity index (χ3n) is 4.69. The van der Waals surface area contributed by atoms with E-state index in [0.717, 1.165) is 22.2 Å². The number of rotatable bonds is 6. The van der Waals surface area contributed by atoms with Crippen LogP contribution in [0.25, 0.3) is 10.2 Å². The third kappa shape index (κ3) is 4.42. The highest BCUT2D eigenvalue weighted by Gasteiger charge is 2.15. The van der Waals surface area contributed by atoms with Crippen molar-refractivity contribution in [1.29, 1.82) is 0 Å². The van der Waals surface area contributed by atoms with Crippen molar-refractivity contribution in [2.24, 2.45) is 12.0 Å². The van der Waals surface area contributed by atoms with Gasteiger partial charge in [-0.15, -0.1) is 0 Å². The minimum atomic E-state index is -3.38. The van der Waals surface area contributed by atoms with Gasteiger partial charge in [-0.2, -0.15) is 4.99 Å². The van der Waals surface area contributed by atoms with E-state index in [1.165, 1.54) is 16.9 Å². The first-order valence-electron chi connectivity index (χ1n) is 9.26. The second kappa shape index (κ2) is 8.41. The molecule has 0 saturated heterocycles. The molecule has 1 amide bonds. The molecule has 0 atom stereocenters. The Morgan fingerprint density at radius 1 is 1.14 bits per heavy atom. The highest BCUT2D eigenvalue weighted by molar-refractivity contribution is 7.91. The Labute approximate surface area is 169 Å². The molecule has 3 aromatic rings. The number of carbonyl (C=O) groups is 1. The van der Waals surface area contributed by atoms with Gasteiger partial charge in [0.1, 0.15) is 0 Å². The number of para-hydroxylation sites is 1. The Morgan fingerprint density at radius 3 is 2.54 bits per heavy atom. The molecule has 28 heavy (non-hydrogen) atoms. The van der Waals surface area contributed by atoms with Crippen LogP contribution in [0.5, 0.6) is 0 Å². The first-order valence-corrected chi connectivity index (χ1v) is 11.7. The quantitative estimate of drug-likeness (QED) is 0.614. The number of fused-ring (bicyclic) bond motifs is 1. The van der Waals surface area contributed by atoms with Crippen molar-refractivity contribution in [3.05, 3.63) is 58.4 Å². The van der Waals surface area contributed by atoms with Crippen molar-refractivity contribution in [2.75, 3.05) is 5.75 Å². The predicted octanol–water partition coefficient (Wildman–Crippen LogP) is 3.79. The zero-order valence-corrected chi connectivity index (χ0v) is 17.9. The van der Waals surface area contributed by atoms with Crippen molar-refractivity contribution in [3.8, 4) is 0 Å². The molecule has 1 heterocycles. The molecule has 1 aromatic heterocycles. The lowest BCUT2D eigenvalue weighted by Gasteiger charge is -2.04. The van der Waals surface area contributed by atoms with E-state index in [9.17, 15) is 13.2 Å². The van der Waals surface area contributed by atoms with Crippen LogP contribution >= 0.6 is 11.3 Å². The lowest BCUT2D eigenvalue weighted by Crippen LogP contribution is -2.14. The molecule has 7 heteroatoms. The Bertz CT molecular complexity index is 1170. The molecule has 0 unspecified atom stereocenters. The monoisotopic (exact) mass is 416 g/mol. The van der Waals surface area contributed by atoms with E-state index < -0.39 is 9.84 Å². The number of carbonyl (C=O) groups excluding carboxylic acids is 1. The molecule has 0 aliphatic rings. The smallest absolute Gasteiger partial charge is 0.248 e. The van der Waals surface area contributed by atoms with Gasteiger partial charge in [-0.05, 0) is 43.5 Å². The lowest BCUT2D eigenvalue weighted by molar-refractivity contribution is -0.118. The summed E-state index contributed by atoms with van der Waals surface area (Å²) < 4.78 is 27.8. The first kappa shape index (κ1) is 20.5. The third-order valence-corrected chi connectivity index (χ3v) is 7.60. The van der Waals surface area contributed by atoms with Crippen molar-refractivity contribution in [2.45, 2.75) is 38.0 Å². The standard InChI is InChI=1S/C21H24N2O3S2/c1-4-16-7-5-8-18-20(16)23(3)21(27-18)22-19(24)9-6-14-28(25,26)17-12-10-15(2)11-13-17/h5,7-8,10-13H,4,6,9,14H2,1-3H3. The summed E-state index contributed by atoms with van der Waals surface area (Å²) in [5.74, 6) is -0.352. The highest BCUT2D eigenvalue weighted by Crippen LogP contribution is 2.21. The normalized spacial score (nSPS) is 12.6. The van der Waals surface area contributed by atoms with E-state index in [2.05, 4.69) is 18.0 Å². The number of hydrogen-bond acceptors (Lipinski definition) is 4. The van der Waals surface area contributed by atoms with Crippen LogP contribution < -0.4 is 4.80 Å². The average molecular weight is 417 g/mol. The summed E-state index contributed by atoms with van der Waals surface area (Å²) in [6, 6.07) is 12.9. The van der Waals surface area contributed by atoms with E-state index >= 15 is 0 Å². The van der Waals surface area contributed by atoms with Crippen molar-refractivity contribution < 1.29 is 13.2 Å². The number of hydrogen-bond donors (Lipinski definition) is 0. The molecule has 2 aromatic carbocycles. The summed E-state index contributed by atoms with van der Waals surface area (Å²) in [6.07, 6.45) is 1.28. The number of benzene rings is 2. The second-order valence-electron chi connectivity index (χ2n) is 6.80. The molecule has 148 valence electrons. The van der Waals surface area contributed by atoms with Gasteiger partial charge >= 0.3 is 0 Å². The second-order valence-corrected chi connectivity index (χ2v) is 9.92. The van der Waals surface area contributed by atoms with E-state index in [0.29, 0.717) is 9.70 Å². The van der Waals surface area contributed by atoms with Crippen LogP contribution in [0.2, 0.25) is 0 Å². The minimum Gasteiger partial charge on any atom is -0.319 e. The number of nitrogens with zero attached hydrogens (tertiary/aromatic N) is 2. The minimum absolute atomic E-state index is 0.0597. The summed E-state index contributed by atoms with van der Waals surface area (Å²) in [5, 5.41) is 0. The zero-order chi connectivity index (χ0) is 20.3. The van der Waals surface area contributed by atoms with Crippen LogP contribution in [0, 0.1) is 6.92 Å². The van der Waals surface area contributed by atoms with E-state index in [1.807, 2.05) is 30.7 Å². The van der Waals surface area contributed by atoms with Crippen molar-refractivity contribution >= 4 is 37.3 Å². The van der Waals surface area contributed by atoms with Crippen molar-refractivity contribution in [1.82, 2.24) is 4.57 Å². The van der Waals surface area contributed by atoms with Gasteiger partial charge in [0.25, 0.3) is 0 Å². The Morgan fingerprint density at radius 2 is 1.86 bits per heavy atom. The summed E-state index contributed by atoms with van der Waals surface area (Å²) >= 11 is 1.48. The fourth-order valence-corrected chi connectivity index (χ4v) is 5.51. The Balaban J connectivity index is 1.71. The van der Waals surface area contributed by atoms with Gasteiger partial charge in [-0.1, -0.05) is 48.1 Å². The van der Waals surface area contributed by atoms with Crippen LogP contribution in [-0.2, 0) is 28.1 Å². The molecule has 0 aliphatic heterocycles. The zero-order valence-electron chi connectivity index (χ0n) is 16.3. The topological polar surface area (TPSA) is 68.5 Å². The lowest BCUT2D eigenvalue weighted by atomic mass is 10.1. The molecule has 0 fully saturated rings. The molecule has 0 N–H and O–H groups in total. The number of aryl methyl sites for hydroxylation is 3. The maximum atomic E-state index is 12.4. The van der Waals surface area contributed by atoms with Gasteiger partial charge in [0, 0.05) is 13.5 Å². The number of aromatic nitrogens is 1.